The van der Waals surface area contributed by atoms with Gasteiger partial charge in [-0.25, -0.2) is 10.2 Å². The van der Waals surface area contributed by atoms with Crippen molar-refractivity contribution in [3.05, 3.63) is 65.7 Å². The maximum atomic E-state index is 12.1. The minimum Gasteiger partial charge on any atom is -0.493 e. The number of unbranched alkanes of at least 4 members (excludes halogenated alkanes) is 5. The molecule has 0 heterocycles. The second kappa shape index (κ2) is 14.6. The molecule has 2 aromatic rings. The molecular weight excluding hydrogens is 404 g/mol. The highest BCUT2D eigenvalue weighted by Gasteiger charge is 2.09. The number of nitrogens with one attached hydrogen (secondary N) is 1. The Kier molecular flexibility index (Phi) is 11.3. The zero-order chi connectivity index (χ0) is 23.0. The predicted molar refractivity (Wildman–Crippen MR) is 128 cm³/mol. The number of methoxy groups -OCH3 is 1. The lowest BCUT2D eigenvalue weighted by molar-refractivity contribution is -0.129. The number of hydrazone groups is 1. The molecule has 0 aliphatic rings. The van der Waals surface area contributed by atoms with Gasteiger partial charge in [-0.05, 0) is 41.8 Å². The van der Waals surface area contributed by atoms with Crippen LogP contribution in [0.1, 0.15) is 63.0 Å². The van der Waals surface area contributed by atoms with E-state index in [2.05, 4.69) is 17.5 Å². The molecule has 0 saturated carbocycles. The highest BCUT2D eigenvalue weighted by molar-refractivity contribution is 5.89. The van der Waals surface area contributed by atoms with E-state index in [1.54, 1.807) is 24.3 Å². The van der Waals surface area contributed by atoms with Crippen LogP contribution in [0.25, 0.3) is 6.08 Å². The lowest BCUT2D eigenvalue weighted by Crippen LogP contribution is -2.16. The minimum atomic E-state index is -0.504. The molecule has 6 nitrogen and oxygen atoms in total. The first-order valence-corrected chi connectivity index (χ1v) is 11.1. The minimum absolute atomic E-state index is 0.0977. The van der Waals surface area contributed by atoms with E-state index in [0.29, 0.717) is 23.5 Å². The van der Waals surface area contributed by atoms with Crippen LogP contribution in [0.2, 0.25) is 0 Å². The fourth-order valence-corrected chi connectivity index (χ4v) is 3.02. The molecule has 0 radical (unpaired) electrons. The summed E-state index contributed by atoms with van der Waals surface area (Å²) in [5.74, 6) is 0.100. The van der Waals surface area contributed by atoms with Gasteiger partial charge in [-0.1, -0.05) is 69.4 Å². The molecule has 32 heavy (non-hydrogen) atoms. The zero-order valence-electron chi connectivity index (χ0n) is 18.9. The largest absolute Gasteiger partial charge is 0.493 e. The van der Waals surface area contributed by atoms with Crippen LogP contribution >= 0.6 is 0 Å². The summed E-state index contributed by atoms with van der Waals surface area (Å²) in [5.41, 5.74) is 4.16. The summed E-state index contributed by atoms with van der Waals surface area (Å²) < 4.78 is 10.7. The number of ether oxygens (including phenoxy) is 2. The molecule has 0 saturated heterocycles. The molecule has 0 aliphatic heterocycles. The summed E-state index contributed by atoms with van der Waals surface area (Å²) in [6, 6.07) is 14.5. The van der Waals surface area contributed by atoms with Crippen LogP contribution < -0.4 is 14.9 Å². The van der Waals surface area contributed by atoms with Crippen LogP contribution in [0, 0.1) is 0 Å². The number of benzene rings is 2. The van der Waals surface area contributed by atoms with Crippen molar-refractivity contribution in [2.45, 2.75) is 51.9 Å². The lowest BCUT2D eigenvalue weighted by Gasteiger charge is -2.08. The Morgan fingerprint density at radius 1 is 0.938 bits per heavy atom. The summed E-state index contributed by atoms with van der Waals surface area (Å²) in [5, 5.41) is 4.00. The van der Waals surface area contributed by atoms with Crippen molar-refractivity contribution in [3.63, 3.8) is 0 Å². The van der Waals surface area contributed by atoms with Crippen molar-refractivity contribution in [2.24, 2.45) is 5.10 Å². The smallest absolute Gasteiger partial charge is 0.336 e. The molecule has 0 atom stereocenters. The second-order valence-electron chi connectivity index (χ2n) is 7.39. The fourth-order valence-electron chi connectivity index (χ4n) is 3.02. The first-order valence-electron chi connectivity index (χ1n) is 11.1. The van der Waals surface area contributed by atoms with E-state index in [1.165, 1.54) is 45.1 Å². The lowest BCUT2D eigenvalue weighted by atomic mass is 10.1. The molecule has 0 bridgehead atoms. The highest BCUT2D eigenvalue weighted by atomic mass is 16.6. The first-order chi connectivity index (χ1) is 15.6. The number of hydrogen-bond donors (Lipinski definition) is 1. The summed E-state index contributed by atoms with van der Waals surface area (Å²) in [7, 11) is 1.50. The van der Waals surface area contributed by atoms with E-state index in [0.717, 1.165) is 18.4 Å². The van der Waals surface area contributed by atoms with E-state index in [9.17, 15) is 9.59 Å². The van der Waals surface area contributed by atoms with Gasteiger partial charge in [0.1, 0.15) is 0 Å². The van der Waals surface area contributed by atoms with E-state index in [4.69, 9.17) is 9.47 Å². The van der Waals surface area contributed by atoms with Crippen LogP contribution in [0.4, 0.5) is 0 Å². The van der Waals surface area contributed by atoms with E-state index >= 15 is 0 Å². The molecular formula is C26H32N2O4. The molecule has 0 aromatic heterocycles. The molecule has 2 rings (SSSR count). The normalized spacial score (nSPS) is 11.1. The molecule has 0 spiro atoms. The van der Waals surface area contributed by atoms with E-state index < -0.39 is 5.97 Å². The van der Waals surface area contributed by atoms with Crippen molar-refractivity contribution in [2.75, 3.05) is 7.11 Å². The maximum Gasteiger partial charge on any atom is 0.336 e. The van der Waals surface area contributed by atoms with Gasteiger partial charge in [0.15, 0.2) is 11.5 Å². The van der Waals surface area contributed by atoms with Crippen molar-refractivity contribution < 1.29 is 19.1 Å². The number of rotatable bonds is 13. The van der Waals surface area contributed by atoms with Crippen LogP contribution in [-0.4, -0.2) is 25.2 Å². The Hall–Kier alpha value is -3.41. The van der Waals surface area contributed by atoms with Gasteiger partial charge in [0, 0.05) is 12.5 Å². The van der Waals surface area contributed by atoms with Crippen LogP contribution in [0.15, 0.2) is 59.7 Å². The quantitative estimate of drug-likeness (QED) is 0.112. The Labute approximate surface area is 190 Å². The summed E-state index contributed by atoms with van der Waals surface area (Å²) >= 11 is 0. The van der Waals surface area contributed by atoms with E-state index in [-0.39, 0.29) is 5.91 Å². The predicted octanol–water partition coefficient (Wildman–Crippen LogP) is 5.51. The number of hydrogen-bond acceptors (Lipinski definition) is 5. The monoisotopic (exact) mass is 436 g/mol. The number of carbonyl (C=O) groups is 2. The Balaban J connectivity index is 1.82. The SMILES string of the molecule is CCCCCCCCC(=O)NN=Cc1ccc(OC(=O)C=Cc2ccccc2)c(OC)c1. The highest BCUT2D eigenvalue weighted by Crippen LogP contribution is 2.27. The fraction of sp³-hybridized carbons (Fsp3) is 0.346. The summed E-state index contributed by atoms with van der Waals surface area (Å²) in [6.07, 6.45) is 11.9. The van der Waals surface area contributed by atoms with Crippen molar-refractivity contribution >= 4 is 24.2 Å². The van der Waals surface area contributed by atoms with Crippen molar-refractivity contribution in [3.8, 4) is 11.5 Å². The van der Waals surface area contributed by atoms with Crippen molar-refractivity contribution in [1.29, 1.82) is 0 Å². The van der Waals surface area contributed by atoms with Gasteiger partial charge < -0.3 is 9.47 Å². The molecule has 0 fully saturated rings. The molecule has 0 unspecified atom stereocenters. The maximum absolute atomic E-state index is 12.1. The van der Waals surface area contributed by atoms with Gasteiger partial charge >= 0.3 is 5.97 Å². The standard InChI is InChI=1S/C26H32N2O4/c1-3-4-5-6-7-11-14-25(29)28-27-20-22-15-17-23(24(19-22)31-2)32-26(30)18-16-21-12-9-8-10-13-21/h8-10,12-13,15-20H,3-7,11,14H2,1-2H3,(H,28,29). The van der Waals surface area contributed by atoms with E-state index in [1.807, 2.05) is 30.3 Å². The number of esters is 1. The third kappa shape index (κ3) is 9.60. The Bertz CT molecular complexity index is 907. The van der Waals surface area contributed by atoms with Crippen LogP contribution in [-0.2, 0) is 9.59 Å². The third-order valence-electron chi connectivity index (χ3n) is 4.77. The van der Waals surface area contributed by atoms with Crippen LogP contribution in [0.3, 0.4) is 0 Å². The van der Waals surface area contributed by atoms with Gasteiger partial charge in [0.05, 0.1) is 13.3 Å². The van der Waals surface area contributed by atoms with Gasteiger partial charge in [-0.3, -0.25) is 4.79 Å². The zero-order valence-corrected chi connectivity index (χ0v) is 18.9. The number of carbonyl (C=O) groups excluding carboxylic acids is 2. The average molecular weight is 437 g/mol. The Morgan fingerprint density at radius 2 is 1.69 bits per heavy atom. The summed E-state index contributed by atoms with van der Waals surface area (Å²) in [6.45, 7) is 2.19. The summed E-state index contributed by atoms with van der Waals surface area (Å²) in [4.78, 5) is 24.0. The molecule has 1 N–H and O–H groups in total. The molecule has 6 heteroatoms. The third-order valence-corrected chi connectivity index (χ3v) is 4.77. The molecule has 1 amide bonds. The van der Waals surface area contributed by atoms with Gasteiger partial charge in [-0.15, -0.1) is 0 Å². The van der Waals surface area contributed by atoms with Gasteiger partial charge in [0.2, 0.25) is 5.91 Å². The molecule has 170 valence electrons. The number of amides is 1. The first kappa shape index (κ1) is 24.9. The van der Waals surface area contributed by atoms with Gasteiger partial charge in [-0.2, -0.15) is 5.10 Å². The topological polar surface area (TPSA) is 77.0 Å². The molecule has 2 aromatic carbocycles. The van der Waals surface area contributed by atoms with Crippen LogP contribution in [0.5, 0.6) is 11.5 Å². The second-order valence-corrected chi connectivity index (χ2v) is 7.39. The Morgan fingerprint density at radius 3 is 2.44 bits per heavy atom. The average Bonchev–Trinajstić information content (AvgIpc) is 2.81. The molecule has 0 aliphatic carbocycles. The number of nitrogens with zero attached hydrogens (tertiary/aromatic N) is 1. The van der Waals surface area contributed by atoms with Gasteiger partial charge in [0.25, 0.3) is 0 Å². The van der Waals surface area contributed by atoms with Crippen molar-refractivity contribution in [1.82, 2.24) is 5.43 Å².